The van der Waals surface area contributed by atoms with Crippen molar-refractivity contribution in [1.29, 1.82) is 0 Å². The predicted octanol–water partition coefficient (Wildman–Crippen LogP) is 5.80. The molecule has 5 nitrogen and oxygen atoms in total. The number of nitrogens with zero attached hydrogens (tertiary/aromatic N) is 1. The van der Waals surface area contributed by atoms with Gasteiger partial charge >= 0.3 is 0 Å². The molecule has 0 radical (unpaired) electrons. The molecule has 1 N–H and O–H groups in total. The van der Waals surface area contributed by atoms with Crippen LogP contribution in [0.25, 0.3) is 6.08 Å². The van der Waals surface area contributed by atoms with Crippen molar-refractivity contribution in [3.05, 3.63) is 75.9 Å². The maximum atomic E-state index is 14.4. The van der Waals surface area contributed by atoms with Crippen molar-refractivity contribution in [3.63, 3.8) is 0 Å². The van der Waals surface area contributed by atoms with E-state index in [0.29, 0.717) is 34.4 Å². The minimum absolute atomic E-state index is 0.0446. The predicted molar refractivity (Wildman–Crippen MR) is 143 cm³/mol. The Morgan fingerprint density at radius 3 is 2.67 bits per heavy atom. The lowest BCUT2D eigenvalue weighted by molar-refractivity contribution is -0.130. The lowest BCUT2D eigenvalue weighted by Crippen LogP contribution is -2.50. The smallest absolute Gasteiger partial charge is 0.260 e. The molecule has 1 heterocycles. The van der Waals surface area contributed by atoms with Gasteiger partial charge in [-0.05, 0) is 62.9 Å². The highest BCUT2D eigenvalue weighted by atomic mass is 32.2. The molecule has 4 rings (SSSR count). The largest absolute Gasteiger partial charge is 0.379 e. The normalized spacial score (nSPS) is 21.1. The number of nitrogens with one attached hydrogen (secondary N) is 1. The number of carbonyl (C=O) groups excluding carboxylic acids is 2. The molecule has 2 unspecified atom stereocenters. The van der Waals surface area contributed by atoms with Crippen molar-refractivity contribution in [2.75, 3.05) is 13.2 Å². The minimum atomic E-state index is -0.275. The number of hydrogen-bond donors (Lipinski definition) is 1. The molecule has 1 aliphatic heterocycles. The highest BCUT2D eigenvalue weighted by molar-refractivity contribution is 8.04. The molecule has 2 amide bonds. The van der Waals surface area contributed by atoms with Crippen molar-refractivity contribution in [2.24, 2.45) is 0 Å². The van der Waals surface area contributed by atoms with E-state index < -0.39 is 0 Å². The second-order valence-electron chi connectivity index (χ2n) is 9.69. The van der Waals surface area contributed by atoms with Crippen LogP contribution in [0.5, 0.6) is 0 Å². The Kier molecular flexibility index (Phi) is 9.21. The molecule has 2 fully saturated rings. The fourth-order valence-electron chi connectivity index (χ4n) is 4.75. The molecule has 2 aromatic carbocycles. The van der Waals surface area contributed by atoms with Crippen molar-refractivity contribution < 1.29 is 18.7 Å². The monoisotopic (exact) mass is 510 g/mol. The molecule has 36 heavy (non-hydrogen) atoms. The average molecular weight is 511 g/mol. The van der Waals surface area contributed by atoms with Gasteiger partial charge in [-0.15, -0.1) is 11.8 Å². The number of halogens is 1. The third kappa shape index (κ3) is 6.77. The number of thioether (sulfide) groups is 1. The molecule has 0 spiro atoms. The van der Waals surface area contributed by atoms with Crippen LogP contribution < -0.4 is 5.32 Å². The number of carbonyl (C=O) groups is 2. The van der Waals surface area contributed by atoms with Crippen molar-refractivity contribution in [1.82, 2.24) is 10.2 Å². The summed E-state index contributed by atoms with van der Waals surface area (Å²) < 4.78 is 19.9. The molecule has 1 aliphatic carbocycles. The van der Waals surface area contributed by atoms with E-state index in [4.69, 9.17) is 4.74 Å². The first-order valence-corrected chi connectivity index (χ1v) is 13.7. The number of amides is 2. The summed E-state index contributed by atoms with van der Waals surface area (Å²) >= 11 is 1.65. The molecular formula is C29H35FN2O3S. The molecule has 0 bridgehead atoms. The Balaban J connectivity index is 1.44. The van der Waals surface area contributed by atoms with Crippen LogP contribution in [0.3, 0.4) is 0 Å². The lowest BCUT2D eigenvalue weighted by atomic mass is 9.92. The highest BCUT2D eigenvalue weighted by Crippen LogP contribution is 2.42. The maximum absolute atomic E-state index is 14.4. The standard InChI is InChI=1S/C29H35FN2O3S/c1-20(2)35-17-7-16-31-28(33)22-14-12-21(13-15-22)18-27-29(34)32(19-23-8-3-4-9-24(23)30)25-10-5-6-11-26(25)36-27/h3-4,8-9,12-15,18,20,25-26H,5-7,10-11,16-17,19H2,1-2H3,(H,31,33)/b27-18-. The molecule has 2 aliphatic rings. The van der Waals surface area contributed by atoms with Crippen LogP contribution in [-0.4, -0.2) is 47.3 Å². The van der Waals surface area contributed by atoms with E-state index in [1.807, 2.05) is 43.0 Å². The van der Waals surface area contributed by atoms with E-state index in [2.05, 4.69) is 5.32 Å². The SMILES string of the molecule is CC(C)OCCCNC(=O)c1ccc(/C=C2\SC3CCCCC3N(Cc3ccccc3F)C2=O)cc1. The second-order valence-corrected chi connectivity index (χ2v) is 11.0. The summed E-state index contributed by atoms with van der Waals surface area (Å²) in [6.07, 6.45) is 7.10. The third-order valence-corrected chi connectivity index (χ3v) is 8.04. The zero-order chi connectivity index (χ0) is 25.5. The van der Waals surface area contributed by atoms with E-state index in [-0.39, 0.29) is 36.3 Å². The first kappa shape index (κ1) is 26.4. The Morgan fingerprint density at radius 2 is 1.92 bits per heavy atom. The van der Waals surface area contributed by atoms with E-state index in [1.165, 1.54) is 6.07 Å². The van der Waals surface area contributed by atoms with Crippen LogP contribution in [0.4, 0.5) is 4.39 Å². The van der Waals surface area contributed by atoms with Gasteiger partial charge in [-0.1, -0.05) is 43.2 Å². The first-order valence-electron chi connectivity index (χ1n) is 12.8. The third-order valence-electron chi connectivity index (χ3n) is 6.65. The van der Waals surface area contributed by atoms with Crippen LogP contribution >= 0.6 is 11.8 Å². The quantitative estimate of drug-likeness (QED) is 0.342. The first-order chi connectivity index (χ1) is 17.4. The number of benzene rings is 2. The van der Waals surface area contributed by atoms with Gasteiger partial charge in [-0.25, -0.2) is 4.39 Å². The Morgan fingerprint density at radius 1 is 1.17 bits per heavy atom. The number of rotatable bonds is 9. The Hall–Kier alpha value is -2.64. The minimum Gasteiger partial charge on any atom is -0.379 e. The van der Waals surface area contributed by atoms with Gasteiger partial charge in [-0.3, -0.25) is 9.59 Å². The maximum Gasteiger partial charge on any atom is 0.260 e. The Labute approximate surface area is 217 Å². The Bertz CT molecular complexity index is 1090. The van der Waals surface area contributed by atoms with Crippen LogP contribution in [-0.2, 0) is 16.1 Å². The zero-order valence-corrected chi connectivity index (χ0v) is 21.9. The number of hydrogen-bond acceptors (Lipinski definition) is 4. The number of fused-ring (bicyclic) bond motifs is 1. The van der Waals surface area contributed by atoms with Crippen LogP contribution in [0.15, 0.2) is 53.4 Å². The van der Waals surface area contributed by atoms with Gasteiger partial charge in [0, 0.05) is 42.1 Å². The van der Waals surface area contributed by atoms with Crippen LogP contribution in [0.1, 0.15) is 67.4 Å². The summed E-state index contributed by atoms with van der Waals surface area (Å²) in [7, 11) is 0. The fourth-order valence-corrected chi connectivity index (χ4v) is 6.22. The molecule has 7 heteroatoms. The van der Waals surface area contributed by atoms with Gasteiger partial charge < -0.3 is 15.0 Å². The van der Waals surface area contributed by atoms with Gasteiger partial charge in [0.2, 0.25) is 0 Å². The zero-order valence-electron chi connectivity index (χ0n) is 21.0. The molecular weight excluding hydrogens is 475 g/mol. The van der Waals surface area contributed by atoms with Crippen LogP contribution in [0, 0.1) is 5.82 Å². The van der Waals surface area contributed by atoms with Gasteiger partial charge in [0.25, 0.3) is 11.8 Å². The summed E-state index contributed by atoms with van der Waals surface area (Å²) in [5.74, 6) is -0.442. The molecule has 1 saturated carbocycles. The van der Waals surface area contributed by atoms with E-state index in [1.54, 1.807) is 36.0 Å². The summed E-state index contributed by atoms with van der Waals surface area (Å²) in [5.41, 5.74) is 2.00. The summed E-state index contributed by atoms with van der Waals surface area (Å²) in [6, 6.07) is 14.1. The summed E-state index contributed by atoms with van der Waals surface area (Å²) in [6.45, 7) is 5.44. The van der Waals surface area contributed by atoms with Crippen molar-refractivity contribution in [2.45, 2.75) is 69.9 Å². The van der Waals surface area contributed by atoms with E-state index >= 15 is 0 Å². The highest BCUT2D eigenvalue weighted by Gasteiger charge is 2.40. The second kappa shape index (κ2) is 12.5. The topological polar surface area (TPSA) is 58.6 Å². The lowest BCUT2D eigenvalue weighted by Gasteiger charge is -2.44. The van der Waals surface area contributed by atoms with Crippen LogP contribution in [0.2, 0.25) is 0 Å². The summed E-state index contributed by atoms with van der Waals surface area (Å²) in [4.78, 5) is 28.5. The average Bonchev–Trinajstić information content (AvgIpc) is 2.87. The van der Waals surface area contributed by atoms with Gasteiger partial charge in [0.15, 0.2) is 0 Å². The van der Waals surface area contributed by atoms with Gasteiger partial charge in [-0.2, -0.15) is 0 Å². The van der Waals surface area contributed by atoms with Crippen molar-refractivity contribution >= 4 is 29.7 Å². The number of ether oxygens (including phenoxy) is 1. The molecule has 1 saturated heterocycles. The molecule has 192 valence electrons. The molecule has 2 aromatic rings. The van der Waals surface area contributed by atoms with E-state index in [0.717, 1.165) is 37.7 Å². The van der Waals surface area contributed by atoms with Gasteiger partial charge in [0.05, 0.1) is 11.0 Å². The summed E-state index contributed by atoms with van der Waals surface area (Å²) in [5, 5.41) is 3.23. The van der Waals surface area contributed by atoms with Crippen molar-refractivity contribution in [3.8, 4) is 0 Å². The fraction of sp³-hybridized carbons (Fsp3) is 0.448. The van der Waals surface area contributed by atoms with Gasteiger partial charge in [0.1, 0.15) is 5.82 Å². The van der Waals surface area contributed by atoms with E-state index in [9.17, 15) is 14.0 Å². The molecule has 2 atom stereocenters. The molecule has 0 aromatic heterocycles.